The van der Waals surface area contributed by atoms with Crippen molar-refractivity contribution in [3.63, 3.8) is 0 Å². The molecule has 0 atom stereocenters. The van der Waals surface area contributed by atoms with Crippen molar-refractivity contribution < 1.29 is 13.6 Å². The minimum atomic E-state index is -0.910. The molecule has 1 N–H and O–H groups in total. The molecule has 2 heterocycles. The maximum absolute atomic E-state index is 13.9. The van der Waals surface area contributed by atoms with Crippen molar-refractivity contribution in [1.82, 2.24) is 25.2 Å². The van der Waals surface area contributed by atoms with E-state index in [0.29, 0.717) is 11.0 Å². The van der Waals surface area contributed by atoms with Crippen LogP contribution >= 0.6 is 11.3 Å². The molecule has 4 aromatic rings. The fourth-order valence-electron chi connectivity index (χ4n) is 3.74. The van der Waals surface area contributed by atoms with Gasteiger partial charge in [0.05, 0.1) is 10.6 Å². The number of amides is 1. The number of halogens is 2. The van der Waals surface area contributed by atoms with Gasteiger partial charge in [-0.25, -0.2) is 18.4 Å². The first-order valence-corrected chi connectivity index (χ1v) is 10.4. The van der Waals surface area contributed by atoms with E-state index < -0.39 is 23.1 Å². The second kappa shape index (κ2) is 7.62. The molecule has 0 spiro atoms. The smallest absolute Gasteiger partial charge is 0.263 e. The zero-order valence-corrected chi connectivity index (χ0v) is 17.2. The number of tetrazole rings is 1. The lowest BCUT2D eigenvalue weighted by atomic mass is 10.0. The minimum absolute atomic E-state index is 0.312. The van der Waals surface area contributed by atoms with Gasteiger partial charge in [0.25, 0.3) is 5.91 Å². The molecule has 0 bridgehead atoms. The van der Waals surface area contributed by atoms with Crippen LogP contribution < -0.4 is 5.32 Å². The Morgan fingerprint density at radius 2 is 1.97 bits per heavy atom. The summed E-state index contributed by atoms with van der Waals surface area (Å²) >= 11 is 1.30. The van der Waals surface area contributed by atoms with E-state index in [1.165, 1.54) is 17.4 Å². The number of anilines is 1. The van der Waals surface area contributed by atoms with Gasteiger partial charge in [-0.05, 0) is 59.0 Å². The lowest BCUT2D eigenvalue weighted by molar-refractivity contribution is 0.101. The van der Waals surface area contributed by atoms with Crippen molar-refractivity contribution in [3.8, 4) is 21.8 Å². The number of aryl methyl sites for hydroxylation is 3. The largest absolute Gasteiger partial charge is 0.298 e. The first kappa shape index (κ1) is 19.4. The number of aromatic nitrogens is 5. The molecule has 31 heavy (non-hydrogen) atoms. The van der Waals surface area contributed by atoms with Gasteiger partial charge in [-0.2, -0.15) is 0 Å². The Bertz CT molecular complexity index is 1290. The first-order chi connectivity index (χ1) is 15.0. The van der Waals surface area contributed by atoms with Gasteiger partial charge in [0.1, 0.15) is 17.2 Å². The van der Waals surface area contributed by atoms with E-state index in [2.05, 4.69) is 31.9 Å². The highest BCUT2D eigenvalue weighted by Crippen LogP contribution is 2.40. The summed E-state index contributed by atoms with van der Waals surface area (Å²) in [6.07, 6.45) is 2.50. The summed E-state index contributed by atoms with van der Waals surface area (Å²) in [5.74, 6) is -2.00. The molecule has 1 aliphatic carbocycles. The average molecular weight is 438 g/mol. The highest BCUT2D eigenvalue weighted by atomic mass is 32.1. The average Bonchev–Trinajstić information content (AvgIpc) is 3.30. The molecule has 0 aliphatic heterocycles. The number of benzene rings is 2. The molecule has 0 saturated carbocycles. The van der Waals surface area contributed by atoms with Crippen LogP contribution in [0.5, 0.6) is 0 Å². The molecule has 0 saturated heterocycles. The summed E-state index contributed by atoms with van der Waals surface area (Å²) in [5, 5.41) is 14.5. The number of nitrogens with zero attached hydrogens (tertiary/aromatic N) is 5. The summed E-state index contributed by atoms with van der Waals surface area (Å²) in [6.45, 7) is 0. The summed E-state index contributed by atoms with van der Waals surface area (Å²) < 4.78 is 29.5. The van der Waals surface area contributed by atoms with E-state index in [1.54, 1.807) is 11.7 Å². The molecule has 156 valence electrons. The number of thiazole rings is 1. The number of carbonyl (C=O) groups is 1. The number of hydrogen-bond acceptors (Lipinski definition) is 6. The first-order valence-electron chi connectivity index (χ1n) is 9.62. The van der Waals surface area contributed by atoms with Gasteiger partial charge in [-0.15, -0.1) is 5.10 Å². The zero-order chi connectivity index (χ0) is 21.5. The van der Waals surface area contributed by atoms with Crippen LogP contribution in [0.25, 0.3) is 21.8 Å². The van der Waals surface area contributed by atoms with Crippen molar-refractivity contribution in [2.75, 3.05) is 5.32 Å². The summed E-state index contributed by atoms with van der Waals surface area (Å²) in [7, 11) is 1.79. The third kappa shape index (κ3) is 3.48. The fraction of sp³-hybridized carbons (Fsp3) is 0.190. The summed E-state index contributed by atoms with van der Waals surface area (Å²) in [6, 6.07) is 9.35. The topological polar surface area (TPSA) is 85.6 Å². The Balaban J connectivity index is 1.48. The lowest BCUT2D eigenvalue weighted by Gasteiger charge is -2.08. The van der Waals surface area contributed by atoms with E-state index in [9.17, 15) is 13.6 Å². The Hall–Kier alpha value is -3.53. The molecule has 0 fully saturated rings. The van der Waals surface area contributed by atoms with Crippen LogP contribution in [-0.4, -0.2) is 31.1 Å². The van der Waals surface area contributed by atoms with Crippen molar-refractivity contribution in [2.24, 2.45) is 7.05 Å². The van der Waals surface area contributed by atoms with Gasteiger partial charge in [0.15, 0.2) is 11.0 Å². The fourth-order valence-corrected chi connectivity index (χ4v) is 4.81. The second-order valence-corrected chi connectivity index (χ2v) is 8.20. The molecule has 0 radical (unpaired) electrons. The van der Waals surface area contributed by atoms with Crippen LogP contribution in [0.2, 0.25) is 0 Å². The van der Waals surface area contributed by atoms with Crippen molar-refractivity contribution >= 4 is 22.4 Å². The van der Waals surface area contributed by atoms with Gasteiger partial charge in [0.2, 0.25) is 0 Å². The highest BCUT2D eigenvalue weighted by molar-refractivity contribution is 7.19. The van der Waals surface area contributed by atoms with Gasteiger partial charge in [-0.1, -0.05) is 29.5 Å². The highest BCUT2D eigenvalue weighted by Gasteiger charge is 2.23. The number of nitrogens with one attached hydrogen (secondary N) is 1. The number of hydrogen-bond donors (Lipinski definition) is 1. The van der Waals surface area contributed by atoms with E-state index in [0.717, 1.165) is 58.7 Å². The predicted octanol–water partition coefficient (Wildman–Crippen LogP) is 4.02. The van der Waals surface area contributed by atoms with Gasteiger partial charge in [0, 0.05) is 12.6 Å². The van der Waals surface area contributed by atoms with E-state index in [1.807, 2.05) is 12.1 Å². The molecule has 1 aliphatic rings. The maximum Gasteiger partial charge on any atom is 0.263 e. The lowest BCUT2D eigenvalue weighted by Crippen LogP contribution is -2.15. The number of carbonyl (C=O) groups excluding carboxylic acids is 1. The van der Waals surface area contributed by atoms with Crippen molar-refractivity contribution in [2.45, 2.75) is 19.3 Å². The molecular formula is C21H16F2N6OS. The molecule has 7 nitrogen and oxygen atoms in total. The van der Waals surface area contributed by atoms with Crippen molar-refractivity contribution in [3.05, 3.63) is 64.9 Å². The van der Waals surface area contributed by atoms with Gasteiger partial charge < -0.3 is 0 Å². The predicted molar refractivity (Wildman–Crippen MR) is 112 cm³/mol. The van der Waals surface area contributed by atoms with Crippen LogP contribution in [0.15, 0.2) is 36.4 Å². The quantitative estimate of drug-likeness (QED) is 0.522. The standard InChI is InChI=1S/C21H16F2N6OS/c1-29-19(26-27-28-29)12-8-9-13-11(10-12)4-2-7-16-18(13)31-21(24-16)25-20(30)17-14(22)5-3-6-15(17)23/h3,5-6,8-10H,2,4,7H2,1H3,(H,24,25,30). The molecular weight excluding hydrogens is 422 g/mol. The SMILES string of the molecule is Cn1nnnc1-c1ccc2c(c1)CCCc1nc(NC(=O)c3c(F)cccc3F)sc1-2. The van der Waals surface area contributed by atoms with Crippen LogP contribution in [-0.2, 0) is 19.9 Å². The van der Waals surface area contributed by atoms with Crippen LogP contribution in [0.3, 0.4) is 0 Å². The summed E-state index contributed by atoms with van der Waals surface area (Å²) in [5.41, 5.74) is 3.33. The third-order valence-electron chi connectivity index (χ3n) is 5.20. The van der Waals surface area contributed by atoms with Gasteiger partial charge in [-0.3, -0.25) is 10.1 Å². The molecule has 0 unspecified atom stereocenters. The number of fused-ring (bicyclic) bond motifs is 3. The Labute approximate surface area is 179 Å². The van der Waals surface area contributed by atoms with Gasteiger partial charge >= 0.3 is 0 Å². The third-order valence-corrected chi connectivity index (χ3v) is 6.24. The Kier molecular flexibility index (Phi) is 4.78. The van der Waals surface area contributed by atoms with E-state index in [-0.39, 0.29) is 0 Å². The van der Waals surface area contributed by atoms with Crippen LogP contribution in [0.1, 0.15) is 28.0 Å². The molecule has 5 rings (SSSR count). The van der Waals surface area contributed by atoms with Crippen molar-refractivity contribution in [1.29, 1.82) is 0 Å². The zero-order valence-electron chi connectivity index (χ0n) is 16.4. The monoisotopic (exact) mass is 438 g/mol. The second-order valence-electron chi connectivity index (χ2n) is 7.20. The van der Waals surface area contributed by atoms with Crippen LogP contribution in [0.4, 0.5) is 13.9 Å². The Morgan fingerprint density at radius 1 is 1.16 bits per heavy atom. The molecule has 1 amide bonds. The van der Waals surface area contributed by atoms with E-state index >= 15 is 0 Å². The minimum Gasteiger partial charge on any atom is -0.298 e. The molecule has 10 heteroatoms. The van der Waals surface area contributed by atoms with Crippen LogP contribution in [0, 0.1) is 11.6 Å². The Morgan fingerprint density at radius 3 is 2.71 bits per heavy atom. The normalized spacial score (nSPS) is 12.7. The number of rotatable bonds is 3. The molecule has 2 aromatic carbocycles. The van der Waals surface area contributed by atoms with E-state index in [4.69, 9.17) is 0 Å². The summed E-state index contributed by atoms with van der Waals surface area (Å²) in [4.78, 5) is 17.9. The maximum atomic E-state index is 13.9. The molecule has 2 aromatic heterocycles.